The lowest BCUT2D eigenvalue weighted by Gasteiger charge is -2.48. The molecular weight excluding hydrogens is 862 g/mol. The number of carbonyl (C=O) groups is 2. The summed E-state index contributed by atoms with van der Waals surface area (Å²) in [6.45, 7) is 18.6. The normalized spacial score (nSPS) is 41.9. The molecule has 4 rings (SSSR count). The summed E-state index contributed by atoms with van der Waals surface area (Å²) >= 11 is 6.02. The summed E-state index contributed by atoms with van der Waals surface area (Å²) < 4.78 is 38.0. The van der Waals surface area contributed by atoms with Crippen LogP contribution in [0.5, 0.6) is 0 Å². The van der Waals surface area contributed by atoms with Crippen LogP contribution >= 0.6 is 11.6 Å². The van der Waals surface area contributed by atoms with Crippen LogP contribution in [0.15, 0.2) is 24.3 Å². The quantitative estimate of drug-likeness (QED) is 0.123. The fraction of sp³-hybridized carbons (Fsp3) is 0.833. The van der Waals surface area contributed by atoms with E-state index in [9.17, 15) is 35.1 Å². The maximum absolute atomic E-state index is 14.5. The van der Waals surface area contributed by atoms with E-state index in [-0.39, 0.29) is 49.7 Å². The molecule has 1 aromatic carbocycles. The largest absolute Gasteiger partial charge is 0.459 e. The molecule has 0 aliphatic carbocycles. The third-order valence-electron chi connectivity index (χ3n) is 14.3. The van der Waals surface area contributed by atoms with Crippen LogP contribution < -0.4 is 5.32 Å². The molecule has 1 aromatic rings. The topological polar surface area (TPSA) is 209 Å². The molecule has 6 N–H and O–H groups in total. The lowest BCUT2D eigenvalue weighted by Crippen LogP contribution is -2.60. The van der Waals surface area contributed by atoms with Crippen molar-refractivity contribution in [2.75, 3.05) is 40.8 Å². The zero-order chi connectivity index (χ0) is 48.8. The summed E-state index contributed by atoms with van der Waals surface area (Å²) in [5.41, 5.74) is -3.80. The van der Waals surface area contributed by atoms with Gasteiger partial charge in [0.25, 0.3) is 0 Å². The summed E-state index contributed by atoms with van der Waals surface area (Å²) in [6.07, 6.45) is -8.30. The lowest BCUT2D eigenvalue weighted by atomic mass is 9.77. The first kappa shape index (κ1) is 55.6. The number of rotatable bonds is 13. The third kappa shape index (κ3) is 14.0. The number of amides is 1. The van der Waals surface area contributed by atoms with Gasteiger partial charge >= 0.3 is 5.97 Å². The minimum Gasteiger partial charge on any atom is -0.459 e. The molecule has 1 amide bonds. The van der Waals surface area contributed by atoms with E-state index in [1.807, 2.05) is 44.7 Å². The summed E-state index contributed by atoms with van der Waals surface area (Å²) in [5, 5.41) is 63.4. The van der Waals surface area contributed by atoms with Gasteiger partial charge in [-0.05, 0) is 112 Å². The number of nitrogens with zero attached hydrogens (tertiary/aromatic N) is 2. The highest BCUT2D eigenvalue weighted by Gasteiger charge is 2.53. The van der Waals surface area contributed by atoms with E-state index in [1.165, 1.54) is 14.0 Å². The number of likely N-dealkylation sites (N-methyl/N-ethyl adjacent to an activating group) is 1. The monoisotopic (exact) mass is 944 g/mol. The molecule has 3 aliphatic rings. The van der Waals surface area contributed by atoms with Crippen molar-refractivity contribution in [1.29, 1.82) is 0 Å². The van der Waals surface area contributed by atoms with E-state index >= 15 is 0 Å². The van der Waals surface area contributed by atoms with Crippen LogP contribution in [-0.2, 0) is 44.4 Å². The smallest absolute Gasteiger partial charge is 0.311 e. The Morgan fingerprint density at radius 3 is 2.22 bits per heavy atom. The molecule has 0 unspecified atom stereocenters. The molecule has 0 saturated carbocycles. The Morgan fingerprint density at radius 1 is 0.969 bits per heavy atom. The number of halogens is 1. The van der Waals surface area contributed by atoms with E-state index < -0.39 is 96.0 Å². The molecule has 374 valence electrons. The van der Waals surface area contributed by atoms with Crippen LogP contribution in [-0.4, -0.2) is 178 Å². The molecule has 0 spiro atoms. The number of methoxy groups -OCH3 is 1. The van der Waals surface area contributed by atoms with Gasteiger partial charge in [-0.3, -0.25) is 14.5 Å². The van der Waals surface area contributed by atoms with Crippen molar-refractivity contribution in [2.45, 2.75) is 198 Å². The Hall–Kier alpha value is -2.03. The summed E-state index contributed by atoms with van der Waals surface area (Å²) in [4.78, 5) is 31.3. The van der Waals surface area contributed by atoms with Gasteiger partial charge in [0.1, 0.15) is 30.0 Å². The lowest BCUT2D eigenvalue weighted by molar-refractivity contribution is -0.318. The van der Waals surface area contributed by atoms with Gasteiger partial charge in [0.2, 0.25) is 5.91 Å². The second kappa shape index (κ2) is 23.5. The minimum atomic E-state index is -1.91. The van der Waals surface area contributed by atoms with E-state index in [0.29, 0.717) is 37.5 Å². The third-order valence-corrected chi connectivity index (χ3v) is 14.5. The average Bonchev–Trinajstić information content (AvgIpc) is 3.23. The van der Waals surface area contributed by atoms with Crippen molar-refractivity contribution >= 4 is 23.5 Å². The first-order valence-electron chi connectivity index (χ1n) is 23.5. The Balaban J connectivity index is 1.74. The SMILES string of the molecule is CC[C@H]1OC(=O)[C@H](C)[C@@H](O[C@H]2C[C@@](C)(OC)[C@@H](O)[C@H](C)O2)[C@H](C)[C@@H](O[C@@H]2O[C@H](C)C[C@H](N(C)C)[C@H]2O)[C@](C)(O)C[C@@H](C)CN(CCCNC(=O)Cc2ccc(Cl)cc2)[C@H](C)[C@@H](O)[C@]1(C)O. The zero-order valence-electron chi connectivity index (χ0n) is 41.1. The van der Waals surface area contributed by atoms with Crippen molar-refractivity contribution in [3.05, 3.63) is 34.9 Å². The average molecular weight is 945 g/mol. The second-order valence-corrected chi connectivity index (χ2v) is 20.7. The molecule has 16 nitrogen and oxygen atoms in total. The van der Waals surface area contributed by atoms with Gasteiger partial charge in [0.15, 0.2) is 12.6 Å². The second-order valence-electron chi connectivity index (χ2n) is 20.2. The molecule has 3 fully saturated rings. The highest BCUT2D eigenvalue weighted by molar-refractivity contribution is 6.30. The van der Waals surface area contributed by atoms with Crippen molar-refractivity contribution in [3.8, 4) is 0 Å². The Bertz CT molecular complexity index is 1660. The van der Waals surface area contributed by atoms with Crippen molar-refractivity contribution in [2.24, 2.45) is 17.8 Å². The number of nitrogens with one attached hydrogen (secondary N) is 1. The maximum Gasteiger partial charge on any atom is 0.311 e. The zero-order valence-corrected chi connectivity index (χ0v) is 41.9. The van der Waals surface area contributed by atoms with Crippen molar-refractivity contribution in [3.63, 3.8) is 0 Å². The standard InChI is InChI=1S/C48H82ClN3O13/c1-14-36-48(10,59)41(55)31(6)52(21-15-20-50-37(53)23-33-16-18-34(49)19-17-33)26-27(2)24-46(8,58)43(65-45-39(54)35(51(11)12)22-28(3)61-45)29(4)40(30(5)44(57)63-36)64-38-25-47(9,60-13)42(56)32(7)62-38/h16-19,27-32,35-36,38-43,45,54-56,58-59H,14-15,20-26H2,1-13H3,(H,50,53)/t27-,28-,29+,30-,31-,32+,35+,36-,38+,39-,40+,41-,42+,43-,45+,46-,47-,48-/m1/s1. The van der Waals surface area contributed by atoms with Crippen LogP contribution in [0.1, 0.15) is 107 Å². The first-order valence-corrected chi connectivity index (χ1v) is 23.9. The number of cyclic esters (lactones) is 1. The van der Waals surface area contributed by atoms with Crippen LogP contribution in [0.25, 0.3) is 0 Å². The van der Waals surface area contributed by atoms with Crippen LogP contribution in [0.3, 0.4) is 0 Å². The number of aliphatic hydroxyl groups is 5. The van der Waals surface area contributed by atoms with Crippen molar-refractivity contribution in [1.82, 2.24) is 15.1 Å². The molecule has 3 saturated heterocycles. The number of ether oxygens (including phenoxy) is 6. The highest BCUT2D eigenvalue weighted by Crippen LogP contribution is 2.40. The minimum absolute atomic E-state index is 0.101. The van der Waals surface area contributed by atoms with E-state index in [4.69, 9.17) is 40.0 Å². The molecule has 3 heterocycles. The molecular formula is C48H82ClN3O13. The van der Waals surface area contributed by atoms with Crippen molar-refractivity contribution < 1.29 is 63.5 Å². The Labute approximate surface area is 392 Å². The Morgan fingerprint density at radius 2 is 1.62 bits per heavy atom. The predicted molar refractivity (Wildman–Crippen MR) is 246 cm³/mol. The van der Waals surface area contributed by atoms with E-state index in [1.54, 1.807) is 65.8 Å². The van der Waals surface area contributed by atoms with Gasteiger partial charge in [-0.25, -0.2) is 0 Å². The first-order chi connectivity index (χ1) is 30.3. The number of aliphatic hydroxyl groups excluding tert-OH is 3. The van der Waals surface area contributed by atoms with Gasteiger partial charge in [0.05, 0.1) is 48.0 Å². The van der Waals surface area contributed by atoms with Crippen LogP contribution in [0.2, 0.25) is 5.02 Å². The number of benzene rings is 1. The number of hydrogen-bond acceptors (Lipinski definition) is 15. The fourth-order valence-electron chi connectivity index (χ4n) is 10.3. The molecule has 0 radical (unpaired) electrons. The van der Waals surface area contributed by atoms with E-state index in [0.717, 1.165) is 5.56 Å². The van der Waals surface area contributed by atoms with Gasteiger partial charge in [-0.2, -0.15) is 0 Å². The molecule has 0 aromatic heterocycles. The van der Waals surface area contributed by atoms with Gasteiger partial charge < -0.3 is 64.2 Å². The van der Waals surface area contributed by atoms with Gasteiger partial charge in [0, 0.05) is 56.2 Å². The van der Waals surface area contributed by atoms with Gasteiger partial charge in [-0.1, -0.05) is 44.5 Å². The Kier molecular flexibility index (Phi) is 20.1. The molecule has 18 atom stereocenters. The highest BCUT2D eigenvalue weighted by atomic mass is 35.5. The maximum atomic E-state index is 14.5. The molecule has 3 aliphatic heterocycles. The molecule has 65 heavy (non-hydrogen) atoms. The van der Waals surface area contributed by atoms with E-state index in [2.05, 4.69) is 5.32 Å². The summed E-state index contributed by atoms with van der Waals surface area (Å²) in [5.74, 6) is -3.02. The fourth-order valence-corrected chi connectivity index (χ4v) is 10.4. The number of carbonyl (C=O) groups excluding carboxylic acids is 2. The molecule has 0 bridgehead atoms. The summed E-state index contributed by atoms with van der Waals surface area (Å²) in [7, 11) is 5.25. The predicted octanol–water partition coefficient (Wildman–Crippen LogP) is 3.67. The van der Waals surface area contributed by atoms with Crippen LogP contribution in [0.4, 0.5) is 0 Å². The molecule has 17 heteroatoms. The number of hydrogen-bond donors (Lipinski definition) is 6. The van der Waals surface area contributed by atoms with Gasteiger partial charge in [-0.15, -0.1) is 0 Å². The van der Waals surface area contributed by atoms with Crippen LogP contribution in [0, 0.1) is 17.8 Å². The summed E-state index contributed by atoms with van der Waals surface area (Å²) in [6, 6.07) is 6.10. The number of esters is 1.